The minimum atomic E-state index is -3.38. The molecule has 2 heterocycles. The summed E-state index contributed by atoms with van der Waals surface area (Å²) in [5.74, 6) is 1.64. The molecule has 0 saturated carbocycles. The molecule has 4 rings (SSSR count). The highest BCUT2D eigenvalue weighted by Crippen LogP contribution is 2.52. The predicted octanol–water partition coefficient (Wildman–Crippen LogP) is 6.15. The first-order chi connectivity index (χ1) is 16.6. The molecule has 1 aromatic carbocycles. The van der Waals surface area contributed by atoms with E-state index in [-0.39, 0.29) is 12.2 Å². The van der Waals surface area contributed by atoms with Crippen molar-refractivity contribution in [2.75, 3.05) is 0 Å². The number of hydrogen-bond acceptors (Lipinski definition) is 7. The molecule has 0 spiro atoms. The van der Waals surface area contributed by atoms with Gasteiger partial charge in [-0.3, -0.25) is 14.0 Å². The van der Waals surface area contributed by atoms with Gasteiger partial charge < -0.3 is 19.5 Å². The van der Waals surface area contributed by atoms with Gasteiger partial charge in [0.25, 0.3) is 5.91 Å². The number of carbonyl (C=O) groups excluding carboxylic acids is 1. The molecule has 1 amide bonds. The number of nitrogens with zero attached hydrogens (tertiary/aromatic N) is 2. The Morgan fingerprint density at radius 2 is 1.80 bits per heavy atom. The molecule has 0 bridgehead atoms. The fourth-order valence-corrected chi connectivity index (χ4v) is 6.85. The molecule has 0 fully saturated rings. The van der Waals surface area contributed by atoms with Crippen LogP contribution in [0.2, 0.25) is 0 Å². The van der Waals surface area contributed by atoms with Crippen LogP contribution < -0.4 is 10.5 Å². The largest absolute Gasteiger partial charge is 0.446 e. The Bertz CT molecular complexity index is 1290. The summed E-state index contributed by atoms with van der Waals surface area (Å²) in [6, 6.07) is 7.34. The highest BCUT2D eigenvalue weighted by atomic mass is 32.1. The van der Waals surface area contributed by atoms with Gasteiger partial charge in [-0.05, 0) is 75.4 Å². The average Bonchev–Trinajstić information content (AvgIpc) is 3.33. The van der Waals surface area contributed by atoms with Crippen molar-refractivity contribution in [3.8, 4) is 22.1 Å². The highest BCUT2D eigenvalue weighted by Gasteiger charge is 2.31. The lowest BCUT2D eigenvalue weighted by atomic mass is 9.91. The maximum absolute atomic E-state index is 13.0. The Hall–Kier alpha value is -2.71. The number of primary amides is 1. The van der Waals surface area contributed by atoms with E-state index >= 15 is 0 Å². The van der Waals surface area contributed by atoms with Gasteiger partial charge in [-0.2, -0.15) is 5.10 Å². The average molecular weight is 516 g/mol. The van der Waals surface area contributed by atoms with Gasteiger partial charge in [0, 0.05) is 12.9 Å². The first-order valence-corrected chi connectivity index (χ1v) is 13.9. The van der Waals surface area contributed by atoms with E-state index in [1.807, 2.05) is 69.9 Å². The number of rotatable bonds is 9. The highest BCUT2D eigenvalue weighted by molar-refractivity contribution is 7.57. The van der Waals surface area contributed by atoms with Crippen LogP contribution in [0.25, 0.3) is 17.3 Å². The second-order valence-electron chi connectivity index (χ2n) is 8.91. The second-order valence-corrected chi connectivity index (χ2v) is 11.7. The second kappa shape index (κ2) is 10.1. The topological polar surface area (TPSA) is 106 Å². The van der Waals surface area contributed by atoms with Crippen LogP contribution in [0.3, 0.4) is 0 Å². The third kappa shape index (κ3) is 5.59. The smallest absolute Gasteiger partial charge is 0.354 e. The zero-order valence-corrected chi connectivity index (χ0v) is 22.2. The summed E-state index contributed by atoms with van der Waals surface area (Å²) >= 11 is 1.26. The van der Waals surface area contributed by atoms with Crippen LogP contribution in [-0.4, -0.2) is 27.9 Å². The molecule has 0 unspecified atom stereocenters. The lowest BCUT2D eigenvalue weighted by molar-refractivity contribution is 0.100. The van der Waals surface area contributed by atoms with Gasteiger partial charge in [-0.1, -0.05) is 23.5 Å². The quantitative estimate of drug-likeness (QED) is 0.343. The molecule has 2 aromatic heterocycles. The fraction of sp³-hybridized carbons (Fsp3) is 0.360. The summed E-state index contributed by atoms with van der Waals surface area (Å²) in [5.41, 5.74) is 10.4. The maximum atomic E-state index is 13.0. The summed E-state index contributed by atoms with van der Waals surface area (Å²) in [4.78, 5) is 12.6. The van der Waals surface area contributed by atoms with Crippen molar-refractivity contribution >= 4 is 30.9 Å². The van der Waals surface area contributed by atoms with Gasteiger partial charge in [0.15, 0.2) is 5.06 Å². The van der Waals surface area contributed by atoms with Crippen LogP contribution in [-0.2, 0) is 33.5 Å². The number of thiophene rings is 1. The molecule has 35 heavy (non-hydrogen) atoms. The van der Waals surface area contributed by atoms with E-state index in [4.69, 9.17) is 19.5 Å². The van der Waals surface area contributed by atoms with Crippen LogP contribution in [0, 0.1) is 0 Å². The Morgan fingerprint density at radius 3 is 2.40 bits per heavy atom. The Labute approximate surface area is 209 Å². The van der Waals surface area contributed by atoms with Crippen molar-refractivity contribution in [2.24, 2.45) is 12.8 Å². The van der Waals surface area contributed by atoms with E-state index < -0.39 is 13.5 Å². The third-order valence-corrected chi connectivity index (χ3v) is 8.42. The van der Waals surface area contributed by atoms with Crippen LogP contribution >= 0.6 is 18.9 Å². The molecule has 1 aliphatic carbocycles. The Kier molecular flexibility index (Phi) is 7.33. The van der Waals surface area contributed by atoms with E-state index in [9.17, 15) is 9.36 Å². The number of amides is 1. The molecule has 186 valence electrons. The van der Waals surface area contributed by atoms with Crippen molar-refractivity contribution in [1.29, 1.82) is 0 Å². The van der Waals surface area contributed by atoms with Crippen molar-refractivity contribution in [3.63, 3.8) is 0 Å². The van der Waals surface area contributed by atoms with Gasteiger partial charge >= 0.3 is 7.60 Å². The molecule has 2 N–H and O–H groups in total. The SMILES string of the molecule is CC(C)OP(=O)(C=Cc1ccc(Oc2sc(C(N)=O)c3c2-c2c(cnn2C)CC3)cc1)OC(C)C. The van der Waals surface area contributed by atoms with Crippen LogP contribution in [0.5, 0.6) is 10.8 Å². The zero-order chi connectivity index (χ0) is 25.3. The number of ether oxygens (including phenoxy) is 1. The van der Waals surface area contributed by atoms with Gasteiger partial charge in [-0.25, -0.2) is 0 Å². The minimum absolute atomic E-state index is 0.234. The number of nitrogens with two attached hydrogens (primary N) is 1. The van der Waals surface area contributed by atoms with Crippen LogP contribution in [0.15, 0.2) is 36.3 Å². The van der Waals surface area contributed by atoms with E-state index in [1.54, 1.807) is 6.08 Å². The van der Waals surface area contributed by atoms with Gasteiger partial charge in [-0.15, -0.1) is 0 Å². The van der Waals surface area contributed by atoms with Crippen molar-refractivity contribution < 1.29 is 23.1 Å². The molecule has 8 nitrogen and oxygen atoms in total. The molecule has 10 heteroatoms. The fourth-order valence-electron chi connectivity index (χ4n) is 4.05. The van der Waals surface area contributed by atoms with E-state index in [1.165, 1.54) is 17.2 Å². The molecule has 1 aliphatic rings. The van der Waals surface area contributed by atoms with Crippen LogP contribution in [0.1, 0.15) is 54.1 Å². The molecular formula is C25H30N3O5PS. The Balaban J connectivity index is 1.59. The lowest BCUT2D eigenvalue weighted by Crippen LogP contribution is -2.13. The van der Waals surface area contributed by atoms with Crippen molar-refractivity contribution in [1.82, 2.24) is 9.78 Å². The normalized spacial score (nSPS) is 13.5. The number of aromatic nitrogens is 2. The van der Waals surface area contributed by atoms with Gasteiger partial charge in [0.2, 0.25) is 0 Å². The molecule has 0 aliphatic heterocycles. The summed E-state index contributed by atoms with van der Waals surface area (Å²) in [7, 11) is -1.50. The van der Waals surface area contributed by atoms with Gasteiger partial charge in [0.1, 0.15) is 5.75 Å². The van der Waals surface area contributed by atoms with Crippen LogP contribution in [0.4, 0.5) is 0 Å². The molecule has 3 aromatic rings. The third-order valence-electron chi connectivity index (χ3n) is 5.35. The molecule has 0 atom stereocenters. The number of aryl methyl sites for hydroxylation is 2. The summed E-state index contributed by atoms with van der Waals surface area (Å²) in [5, 5.41) is 5.00. The van der Waals surface area contributed by atoms with Crippen molar-refractivity contribution in [2.45, 2.75) is 52.7 Å². The number of carbonyl (C=O) groups is 1. The first-order valence-electron chi connectivity index (χ1n) is 11.5. The molecule has 0 radical (unpaired) electrons. The lowest BCUT2D eigenvalue weighted by Gasteiger charge is -2.19. The minimum Gasteiger partial charge on any atom is -0.446 e. The summed E-state index contributed by atoms with van der Waals surface area (Å²) in [6.45, 7) is 7.27. The van der Waals surface area contributed by atoms with E-state index in [2.05, 4.69) is 5.10 Å². The van der Waals surface area contributed by atoms with Crippen molar-refractivity contribution in [3.05, 3.63) is 57.8 Å². The predicted molar refractivity (Wildman–Crippen MR) is 138 cm³/mol. The summed E-state index contributed by atoms with van der Waals surface area (Å²) < 4.78 is 32.2. The van der Waals surface area contributed by atoms with E-state index in [0.717, 1.165) is 34.4 Å². The zero-order valence-electron chi connectivity index (χ0n) is 20.5. The monoisotopic (exact) mass is 515 g/mol. The maximum Gasteiger partial charge on any atom is 0.354 e. The number of benzene rings is 1. The standard InChI is InChI=1S/C25H30N3O5PS/c1-15(2)32-34(30,33-16(3)4)13-12-17-6-9-19(10-7-17)31-25-21-20(23(35-25)24(26)29)11-8-18-14-27-28(5)22(18)21/h6-7,9-10,12-16H,8,11H2,1-5H3,(H2,26,29). The Morgan fingerprint density at radius 1 is 1.14 bits per heavy atom. The van der Waals surface area contributed by atoms with Gasteiger partial charge in [0.05, 0.1) is 34.5 Å². The number of fused-ring (bicyclic) bond motifs is 3. The first kappa shape index (κ1) is 25.4. The van der Waals surface area contributed by atoms with E-state index in [0.29, 0.717) is 22.1 Å². The number of hydrogen-bond donors (Lipinski definition) is 1. The molecular weight excluding hydrogens is 485 g/mol. The summed E-state index contributed by atoms with van der Waals surface area (Å²) in [6.07, 6.45) is 4.63. The molecule has 0 saturated heterocycles.